The lowest BCUT2D eigenvalue weighted by atomic mass is 10.1. The Morgan fingerprint density at radius 2 is 0.897 bits per heavy atom. The summed E-state index contributed by atoms with van der Waals surface area (Å²) in [6.45, 7) is 6.68. The standard InChI is InChI=1S/C23H50NO4P/c1-5-7-9-11-13-15-17-21-26-29(25,28-23-19-20-24(3)4)27-22-18-16-14-12-10-8-6-2/h5-23H2,1-4H3. The molecule has 0 aliphatic heterocycles. The highest BCUT2D eigenvalue weighted by atomic mass is 31.2. The maximum absolute atomic E-state index is 12.9. The normalized spacial score (nSPS) is 12.2. The zero-order valence-electron chi connectivity index (χ0n) is 20.0. The van der Waals surface area contributed by atoms with E-state index < -0.39 is 7.82 Å². The lowest BCUT2D eigenvalue weighted by Crippen LogP contribution is -2.15. The molecule has 29 heavy (non-hydrogen) atoms. The van der Waals surface area contributed by atoms with Crippen molar-refractivity contribution >= 4 is 7.82 Å². The highest BCUT2D eigenvalue weighted by Crippen LogP contribution is 2.49. The molecule has 0 saturated heterocycles. The Kier molecular flexibility index (Phi) is 21.4. The first kappa shape index (κ1) is 29.1. The van der Waals surface area contributed by atoms with Gasteiger partial charge in [-0.25, -0.2) is 4.57 Å². The number of nitrogens with zero attached hydrogens (tertiary/aromatic N) is 1. The third kappa shape index (κ3) is 21.1. The number of phosphoric acid groups is 1. The molecule has 0 aromatic carbocycles. The predicted molar refractivity (Wildman–Crippen MR) is 125 cm³/mol. The van der Waals surface area contributed by atoms with Crippen molar-refractivity contribution in [3.63, 3.8) is 0 Å². The molecule has 0 aliphatic rings. The predicted octanol–water partition coefficient (Wildman–Crippen LogP) is 7.60. The van der Waals surface area contributed by atoms with E-state index in [9.17, 15) is 4.57 Å². The molecule has 0 atom stereocenters. The second kappa shape index (κ2) is 21.3. The molecule has 176 valence electrons. The third-order valence-corrected chi connectivity index (χ3v) is 6.49. The Hall–Kier alpha value is 0.0700. The van der Waals surface area contributed by atoms with Crippen LogP contribution in [0, 0.1) is 0 Å². The van der Waals surface area contributed by atoms with Crippen molar-refractivity contribution in [2.75, 3.05) is 40.5 Å². The van der Waals surface area contributed by atoms with Gasteiger partial charge < -0.3 is 4.90 Å². The van der Waals surface area contributed by atoms with E-state index in [0.29, 0.717) is 19.8 Å². The fraction of sp³-hybridized carbons (Fsp3) is 1.00. The van der Waals surface area contributed by atoms with Crippen LogP contribution in [0.4, 0.5) is 0 Å². The molecule has 6 heteroatoms. The molecule has 0 aliphatic carbocycles. The monoisotopic (exact) mass is 435 g/mol. The van der Waals surface area contributed by atoms with Crippen molar-refractivity contribution < 1.29 is 18.1 Å². The fourth-order valence-corrected chi connectivity index (χ4v) is 4.42. The van der Waals surface area contributed by atoms with E-state index in [4.69, 9.17) is 13.6 Å². The molecule has 0 aromatic heterocycles. The topological polar surface area (TPSA) is 48.0 Å². The highest BCUT2D eigenvalue weighted by molar-refractivity contribution is 7.48. The molecular weight excluding hydrogens is 385 g/mol. The van der Waals surface area contributed by atoms with E-state index in [-0.39, 0.29) is 0 Å². The van der Waals surface area contributed by atoms with Crippen molar-refractivity contribution in [1.82, 2.24) is 4.90 Å². The average molecular weight is 436 g/mol. The lowest BCUT2D eigenvalue weighted by Gasteiger charge is -2.19. The van der Waals surface area contributed by atoms with E-state index in [1.54, 1.807) is 0 Å². The Morgan fingerprint density at radius 3 is 1.28 bits per heavy atom. The van der Waals surface area contributed by atoms with Gasteiger partial charge in [0.15, 0.2) is 0 Å². The number of hydrogen-bond donors (Lipinski definition) is 0. The van der Waals surface area contributed by atoms with Crippen molar-refractivity contribution in [2.45, 2.75) is 110 Å². The molecule has 5 nitrogen and oxygen atoms in total. The van der Waals surface area contributed by atoms with Gasteiger partial charge in [0.1, 0.15) is 0 Å². The van der Waals surface area contributed by atoms with Gasteiger partial charge in [0.05, 0.1) is 19.8 Å². The summed E-state index contributed by atoms with van der Waals surface area (Å²) in [6.07, 6.45) is 17.7. The summed E-state index contributed by atoms with van der Waals surface area (Å²) in [6, 6.07) is 0. The number of rotatable bonds is 23. The smallest absolute Gasteiger partial charge is 0.309 e. The molecule has 0 heterocycles. The van der Waals surface area contributed by atoms with E-state index in [0.717, 1.165) is 38.6 Å². The van der Waals surface area contributed by atoms with Crippen LogP contribution in [0.2, 0.25) is 0 Å². The second-order valence-electron chi connectivity index (χ2n) is 8.35. The minimum Gasteiger partial charge on any atom is -0.309 e. The van der Waals surface area contributed by atoms with E-state index in [1.165, 1.54) is 64.2 Å². The van der Waals surface area contributed by atoms with Crippen LogP contribution in [-0.4, -0.2) is 45.4 Å². The third-order valence-electron chi connectivity index (χ3n) is 4.99. The van der Waals surface area contributed by atoms with Crippen LogP contribution in [-0.2, 0) is 18.1 Å². The first-order valence-corrected chi connectivity index (χ1v) is 13.7. The summed E-state index contributed by atoms with van der Waals surface area (Å²) in [5.41, 5.74) is 0. The molecule has 0 radical (unpaired) electrons. The van der Waals surface area contributed by atoms with Crippen molar-refractivity contribution in [1.29, 1.82) is 0 Å². The first-order chi connectivity index (χ1) is 14.0. The lowest BCUT2D eigenvalue weighted by molar-refractivity contribution is 0.107. The van der Waals surface area contributed by atoms with Gasteiger partial charge in [0.2, 0.25) is 0 Å². The zero-order valence-corrected chi connectivity index (χ0v) is 20.9. The molecule has 0 rings (SSSR count). The highest BCUT2D eigenvalue weighted by Gasteiger charge is 2.26. The van der Waals surface area contributed by atoms with Crippen molar-refractivity contribution in [2.24, 2.45) is 0 Å². The molecule has 0 aromatic rings. The number of hydrogen-bond acceptors (Lipinski definition) is 5. The molecule has 0 saturated carbocycles. The minimum atomic E-state index is -3.43. The number of unbranched alkanes of at least 4 members (excludes halogenated alkanes) is 12. The summed E-state index contributed by atoms with van der Waals surface area (Å²) in [4.78, 5) is 2.09. The van der Waals surface area contributed by atoms with Crippen LogP contribution in [0.1, 0.15) is 110 Å². The zero-order chi connectivity index (χ0) is 21.6. The van der Waals surface area contributed by atoms with Gasteiger partial charge in [0.25, 0.3) is 0 Å². The molecule has 0 fully saturated rings. The summed E-state index contributed by atoms with van der Waals surface area (Å²) in [7, 11) is 0.613. The quantitative estimate of drug-likeness (QED) is 0.122. The van der Waals surface area contributed by atoms with Crippen LogP contribution in [0.15, 0.2) is 0 Å². The van der Waals surface area contributed by atoms with Gasteiger partial charge in [-0.1, -0.05) is 90.9 Å². The minimum absolute atomic E-state index is 0.406. The average Bonchev–Trinajstić information content (AvgIpc) is 2.69. The van der Waals surface area contributed by atoms with Crippen molar-refractivity contribution in [3.05, 3.63) is 0 Å². The van der Waals surface area contributed by atoms with Gasteiger partial charge >= 0.3 is 7.82 Å². The Balaban J connectivity index is 4.04. The molecule has 0 N–H and O–H groups in total. The van der Waals surface area contributed by atoms with E-state index in [1.807, 2.05) is 14.1 Å². The van der Waals surface area contributed by atoms with Gasteiger partial charge in [0, 0.05) is 0 Å². The SMILES string of the molecule is CCCCCCCCCOP(=O)(OCCCCCCCCC)OCCCN(C)C. The van der Waals surface area contributed by atoms with Crippen LogP contribution in [0.5, 0.6) is 0 Å². The second-order valence-corrected chi connectivity index (χ2v) is 10.0. The van der Waals surface area contributed by atoms with E-state index >= 15 is 0 Å². The summed E-state index contributed by atoms with van der Waals surface area (Å²) in [5.74, 6) is 0. The summed E-state index contributed by atoms with van der Waals surface area (Å²) >= 11 is 0. The van der Waals surface area contributed by atoms with Crippen LogP contribution >= 0.6 is 7.82 Å². The largest absolute Gasteiger partial charge is 0.474 e. The molecular formula is C23H50NO4P. The number of phosphoric ester groups is 1. The fourth-order valence-electron chi connectivity index (χ4n) is 3.14. The van der Waals surface area contributed by atoms with Crippen LogP contribution < -0.4 is 0 Å². The van der Waals surface area contributed by atoms with Gasteiger partial charge in [-0.05, 0) is 39.9 Å². The first-order valence-electron chi connectivity index (χ1n) is 12.2. The van der Waals surface area contributed by atoms with E-state index in [2.05, 4.69) is 18.7 Å². The maximum atomic E-state index is 12.9. The molecule has 0 amide bonds. The van der Waals surface area contributed by atoms with Crippen molar-refractivity contribution in [3.8, 4) is 0 Å². The maximum Gasteiger partial charge on any atom is 0.474 e. The Bertz CT molecular complexity index is 356. The molecule has 0 bridgehead atoms. The molecule has 0 spiro atoms. The summed E-state index contributed by atoms with van der Waals surface area (Å²) in [5, 5.41) is 0. The van der Waals surface area contributed by atoms with Crippen LogP contribution in [0.25, 0.3) is 0 Å². The Morgan fingerprint density at radius 1 is 0.552 bits per heavy atom. The summed E-state index contributed by atoms with van der Waals surface area (Å²) < 4.78 is 29.8. The van der Waals surface area contributed by atoms with Crippen LogP contribution in [0.3, 0.4) is 0 Å². The van der Waals surface area contributed by atoms with Gasteiger partial charge in [-0.2, -0.15) is 0 Å². The van der Waals surface area contributed by atoms with Gasteiger partial charge in [-0.15, -0.1) is 0 Å². The van der Waals surface area contributed by atoms with Gasteiger partial charge in [-0.3, -0.25) is 13.6 Å². The Labute approximate surface area is 181 Å². The molecule has 0 unspecified atom stereocenters.